The Balaban J connectivity index is 2.78. The number of halogens is 1. The summed E-state index contributed by atoms with van der Waals surface area (Å²) < 4.78 is 13.4. The molecule has 6 heteroatoms. The lowest BCUT2D eigenvalue weighted by atomic mass is 9.79. The highest BCUT2D eigenvalue weighted by molar-refractivity contribution is 7.17. The maximum absolute atomic E-state index is 13.1. The van der Waals surface area contributed by atoms with Crippen molar-refractivity contribution in [1.29, 1.82) is 0 Å². The number of thiazole rings is 1. The Hall–Kier alpha value is -0.975. The van der Waals surface area contributed by atoms with Crippen LogP contribution in [-0.2, 0) is 0 Å². The van der Waals surface area contributed by atoms with Gasteiger partial charge in [0.1, 0.15) is 5.82 Å². The molecular weight excluding hydrogens is 192 g/mol. The minimum Gasteiger partial charge on any atom is -0.423 e. The Morgan fingerprint density at radius 2 is 2.15 bits per heavy atom. The molecule has 2 aromatic rings. The maximum atomic E-state index is 13.1. The van der Waals surface area contributed by atoms with Gasteiger partial charge in [-0.15, -0.1) is 11.3 Å². The van der Waals surface area contributed by atoms with Gasteiger partial charge >= 0.3 is 7.12 Å². The summed E-state index contributed by atoms with van der Waals surface area (Å²) in [6.45, 7) is 0. The Labute approximate surface area is 77.6 Å². The van der Waals surface area contributed by atoms with Crippen molar-refractivity contribution in [3.63, 3.8) is 0 Å². The molecule has 1 heterocycles. The summed E-state index contributed by atoms with van der Waals surface area (Å²) in [7, 11) is -1.61. The third kappa shape index (κ3) is 1.33. The van der Waals surface area contributed by atoms with Gasteiger partial charge in [0.2, 0.25) is 0 Å². The molecule has 0 atom stereocenters. The van der Waals surface area contributed by atoms with Gasteiger partial charge in [0, 0.05) is 5.46 Å². The molecule has 0 amide bonds. The first-order valence-electron chi connectivity index (χ1n) is 3.58. The molecule has 13 heavy (non-hydrogen) atoms. The maximum Gasteiger partial charge on any atom is 0.490 e. The number of hydrogen-bond donors (Lipinski definition) is 2. The summed E-state index contributed by atoms with van der Waals surface area (Å²) in [6, 6.07) is 2.53. The van der Waals surface area contributed by atoms with E-state index < -0.39 is 7.12 Å². The average molecular weight is 197 g/mol. The predicted molar refractivity (Wildman–Crippen MR) is 49.4 cm³/mol. The summed E-state index contributed by atoms with van der Waals surface area (Å²) >= 11 is 1.14. The van der Waals surface area contributed by atoms with Crippen LogP contribution in [-0.4, -0.2) is 22.2 Å². The molecule has 0 saturated carbocycles. The molecule has 0 aliphatic heterocycles. The molecule has 0 bridgehead atoms. The van der Waals surface area contributed by atoms with Gasteiger partial charge in [0.15, 0.2) is 0 Å². The van der Waals surface area contributed by atoms with Gasteiger partial charge in [-0.25, -0.2) is 9.37 Å². The monoisotopic (exact) mass is 197 g/mol. The Morgan fingerprint density at radius 1 is 1.38 bits per heavy atom. The van der Waals surface area contributed by atoms with E-state index in [0.717, 1.165) is 11.3 Å². The summed E-state index contributed by atoms with van der Waals surface area (Å²) in [5.74, 6) is -0.387. The van der Waals surface area contributed by atoms with Crippen LogP contribution in [0, 0.1) is 5.82 Å². The van der Waals surface area contributed by atoms with Crippen molar-refractivity contribution < 1.29 is 14.4 Å². The lowest BCUT2D eigenvalue weighted by Crippen LogP contribution is -2.30. The van der Waals surface area contributed by atoms with Crippen LogP contribution in [0.4, 0.5) is 4.39 Å². The van der Waals surface area contributed by atoms with Crippen LogP contribution < -0.4 is 5.46 Å². The number of fused-ring (bicyclic) bond motifs is 1. The van der Waals surface area contributed by atoms with E-state index in [1.165, 1.54) is 17.6 Å². The van der Waals surface area contributed by atoms with Crippen molar-refractivity contribution in [2.45, 2.75) is 0 Å². The van der Waals surface area contributed by atoms with E-state index in [-0.39, 0.29) is 11.3 Å². The van der Waals surface area contributed by atoms with Gasteiger partial charge in [-0.2, -0.15) is 0 Å². The number of benzene rings is 1. The Morgan fingerprint density at radius 3 is 2.85 bits per heavy atom. The molecule has 3 nitrogen and oxygen atoms in total. The quantitative estimate of drug-likeness (QED) is 0.638. The molecule has 2 N–H and O–H groups in total. The van der Waals surface area contributed by atoms with E-state index in [1.54, 1.807) is 0 Å². The van der Waals surface area contributed by atoms with E-state index in [0.29, 0.717) is 10.2 Å². The van der Waals surface area contributed by atoms with E-state index in [2.05, 4.69) is 4.98 Å². The van der Waals surface area contributed by atoms with Crippen molar-refractivity contribution in [2.24, 2.45) is 0 Å². The molecule has 0 aliphatic rings. The average Bonchev–Trinajstić information content (AvgIpc) is 2.53. The zero-order valence-electron chi connectivity index (χ0n) is 6.44. The highest BCUT2D eigenvalue weighted by Crippen LogP contribution is 2.19. The Kier molecular flexibility index (Phi) is 2.03. The van der Waals surface area contributed by atoms with Gasteiger partial charge in [-0.1, -0.05) is 6.07 Å². The van der Waals surface area contributed by atoms with Crippen molar-refractivity contribution in [3.05, 3.63) is 23.5 Å². The largest absolute Gasteiger partial charge is 0.490 e. The fraction of sp³-hybridized carbons (Fsp3) is 0. The fourth-order valence-corrected chi connectivity index (χ4v) is 1.87. The molecule has 0 unspecified atom stereocenters. The summed E-state index contributed by atoms with van der Waals surface area (Å²) in [5.41, 5.74) is 2.03. The van der Waals surface area contributed by atoms with E-state index in [9.17, 15) is 4.39 Å². The molecule has 0 fully saturated rings. The second-order valence-electron chi connectivity index (χ2n) is 2.54. The summed E-state index contributed by atoms with van der Waals surface area (Å²) in [6.07, 6.45) is 0. The minimum absolute atomic E-state index is 0.234. The second kappa shape index (κ2) is 3.06. The number of rotatable bonds is 1. The fourth-order valence-electron chi connectivity index (χ4n) is 1.15. The van der Waals surface area contributed by atoms with E-state index in [4.69, 9.17) is 10.0 Å². The first kappa shape index (κ1) is 8.62. The van der Waals surface area contributed by atoms with Crippen LogP contribution >= 0.6 is 11.3 Å². The van der Waals surface area contributed by atoms with Gasteiger partial charge in [0.25, 0.3) is 0 Å². The van der Waals surface area contributed by atoms with E-state index >= 15 is 0 Å². The van der Waals surface area contributed by atoms with Crippen LogP contribution in [0.1, 0.15) is 0 Å². The minimum atomic E-state index is -1.61. The molecule has 1 aromatic heterocycles. The normalized spacial score (nSPS) is 10.7. The molecule has 0 saturated heterocycles. The third-order valence-electron chi connectivity index (χ3n) is 1.75. The van der Waals surface area contributed by atoms with Crippen LogP contribution in [0.2, 0.25) is 0 Å². The SMILES string of the molecule is OB(O)c1ccc(F)c2scnc12. The molecule has 0 aliphatic carbocycles. The van der Waals surface area contributed by atoms with Gasteiger partial charge < -0.3 is 10.0 Å². The van der Waals surface area contributed by atoms with E-state index in [1.807, 2.05) is 0 Å². The molecule has 0 spiro atoms. The lowest BCUT2D eigenvalue weighted by Gasteiger charge is -1.99. The first-order valence-corrected chi connectivity index (χ1v) is 4.46. The van der Waals surface area contributed by atoms with Gasteiger partial charge in [0.05, 0.1) is 15.7 Å². The Bertz CT molecular complexity index is 445. The molecule has 0 radical (unpaired) electrons. The zero-order chi connectivity index (χ0) is 9.42. The first-order chi connectivity index (χ1) is 6.20. The van der Waals surface area contributed by atoms with Gasteiger partial charge in [-0.05, 0) is 6.07 Å². The molecular formula is C7H5BFNO2S. The van der Waals surface area contributed by atoms with Crippen LogP contribution in [0.3, 0.4) is 0 Å². The smallest absolute Gasteiger partial charge is 0.423 e. The van der Waals surface area contributed by atoms with Crippen LogP contribution in [0.25, 0.3) is 10.2 Å². The molecule has 2 rings (SSSR count). The van der Waals surface area contributed by atoms with Crippen molar-refractivity contribution in [1.82, 2.24) is 4.98 Å². The highest BCUT2D eigenvalue weighted by Gasteiger charge is 2.17. The molecule has 66 valence electrons. The highest BCUT2D eigenvalue weighted by atomic mass is 32.1. The number of nitrogens with zero attached hydrogens (tertiary/aromatic N) is 1. The number of aromatic nitrogens is 1. The van der Waals surface area contributed by atoms with Crippen LogP contribution in [0.5, 0.6) is 0 Å². The van der Waals surface area contributed by atoms with Crippen molar-refractivity contribution >= 4 is 34.1 Å². The second-order valence-corrected chi connectivity index (χ2v) is 3.40. The van der Waals surface area contributed by atoms with Gasteiger partial charge in [-0.3, -0.25) is 0 Å². The lowest BCUT2D eigenvalue weighted by molar-refractivity contribution is 0.426. The van der Waals surface area contributed by atoms with Crippen molar-refractivity contribution in [2.75, 3.05) is 0 Å². The summed E-state index contributed by atoms with van der Waals surface area (Å²) in [4.78, 5) is 3.86. The van der Waals surface area contributed by atoms with Crippen LogP contribution in [0.15, 0.2) is 17.6 Å². The predicted octanol–water partition coefficient (Wildman–Crippen LogP) is 0.115. The zero-order valence-corrected chi connectivity index (χ0v) is 7.25. The number of hydrogen-bond acceptors (Lipinski definition) is 4. The van der Waals surface area contributed by atoms with Crippen molar-refractivity contribution in [3.8, 4) is 0 Å². The topological polar surface area (TPSA) is 53.4 Å². The third-order valence-corrected chi connectivity index (χ3v) is 2.58. The standard InChI is InChI=1S/C7H5BFNO2S/c9-5-2-1-4(8(11)12)6-7(5)13-3-10-6/h1-3,11-12H. The molecule has 1 aromatic carbocycles. The summed E-state index contributed by atoms with van der Waals surface area (Å²) in [5, 5.41) is 17.9.